The molecule has 6 nitrogen and oxygen atoms in total. The summed E-state index contributed by atoms with van der Waals surface area (Å²) in [5.74, 6) is -0.115. The SMILES string of the molecule is Cc1cc(Cl)c(C(=O)NC[C@@H]2CCCOC2)cc1[N+](=O)[O-]. The predicted molar refractivity (Wildman–Crippen MR) is 78.7 cm³/mol. The van der Waals surface area contributed by atoms with Gasteiger partial charge in [0.05, 0.1) is 22.1 Å². The van der Waals surface area contributed by atoms with Gasteiger partial charge >= 0.3 is 0 Å². The van der Waals surface area contributed by atoms with Crippen LogP contribution in [0.4, 0.5) is 5.69 Å². The fourth-order valence-corrected chi connectivity index (χ4v) is 2.64. The molecule has 0 aromatic heterocycles. The first-order valence-corrected chi connectivity index (χ1v) is 7.17. The Hall–Kier alpha value is -1.66. The Morgan fingerprint density at radius 3 is 2.95 bits per heavy atom. The molecule has 2 rings (SSSR count). The number of carbonyl (C=O) groups is 1. The maximum atomic E-state index is 12.1. The van der Waals surface area contributed by atoms with Crippen molar-refractivity contribution >= 4 is 23.2 Å². The summed E-state index contributed by atoms with van der Waals surface area (Å²) in [6.45, 7) is 3.46. The number of ether oxygens (including phenoxy) is 1. The highest BCUT2D eigenvalue weighted by molar-refractivity contribution is 6.34. The van der Waals surface area contributed by atoms with E-state index >= 15 is 0 Å². The predicted octanol–water partition coefficient (Wildman–Crippen LogP) is 2.71. The van der Waals surface area contributed by atoms with Crippen molar-refractivity contribution in [2.24, 2.45) is 5.92 Å². The Balaban J connectivity index is 2.07. The zero-order chi connectivity index (χ0) is 15.4. The average molecular weight is 313 g/mol. The maximum absolute atomic E-state index is 12.1. The fourth-order valence-electron chi connectivity index (χ4n) is 2.33. The molecule has 0 radical (unpaired) electrons. The second-order valence-electron chi connectivity index (χ2n) is 5.17. The van der Waals surface area contributed by atoms with Crippen LogP contribution in [0.15, 0.2) is 12.1 Å². The molecule has 0 unspecified atom stereocenters. The smallest absolute Gasteiger partial charge is 0.273 e. The van der Waals surface area contributed by atoms with Crippen LogP contribution in [0.1, 0.15) is 28.8 Å². The molecule has 1 aliphatic rings. The van der Waals surface area contributed by atoms with Crippen LogP contribution in [0.2, 0.25) is 5.02 Å². The molecule has 1 saturated heterocycles. The topological polar surface area (TPSA) is 81.5 Å². The van der Waals surface area contributed by atoms with E-state index in [2.05, 4.69) is 5.32 Å². The van der Waals surface area contributed by atoms with Crippen LogP contribution < -0.4 is 5.32 Å². The second kappa shape index (κ2) is 6.87. The Labute approximate surface area is 127 Å². The third-order valence-corrected chi connectivity index (χ3v) is 3.85. The van der Waals surface area contributed by atoms with Crippen molar-refractivity contribution in [3.05, 3.63) is 38.4 Å². The molecule has 21 heavy (non-hydrogen) atoms. The van der Waals surface area contributed by atoms with Gasteiger partial charge < -0.3 is 10.1 Å². The molecule has 1 aromatic rings. The van der Waals surface area contributed by atoms with Crippen LogP contribution in [-0.4, -0.2) is 30.6 Å². The van der Waals surface area contributed by atoms with Crippen molar-refractivity contribution in [2.75, 3.05) is 19.8 Å². The molecule has 0 aliphatic carbocycles. The number of carbonyl (C=O) groups excluding carboxylic acids is 1. The molecule has 7 heteroatoms. The maximum Gasteiger partial charge on any atom is 0.273 e. The van der Waals surface area contributed by atoms with E-state index in [1.54, 1.807) is 6.92 Å². The Kier molecular flexibility index (Phi) is 5.14. The number of rotatable bonds is 4. The van der Waals surface area contributed by atoms with E-state index < -0.39 is 10.8 Å². The highest BCUT2D eigenvalue weighted by Crippen LogP contribution is 2.26. The van der Waals surface area contributed by atoms with E-state index in [0.717, 1.165) is 19.4 Å². The first-order chi connectivity index (χ1) is 9.99. The van der Waals surface area contributed by atoms with Gasteiger partial charge in [0.25, 0.3) is 11.6 Å². The third-order valence-electron chi connectivity index (χ3n) is 3.53. The number of hydrogen-bond donors (Lipinski definition) is 1. The van der Waals surface area contributed by atoms with Gasteiger partial charge in [0.2, 0.25) is 0 Å². The van der Waals surface area contributed by atoms with E-state index in [-0.39, 0.29) is 22.2 Å². The van der Waals surface area contributed by atoms with Gasteiger partial charge in [-0.2, -0.15) is 0 Å². The number of aryl methyl sites for hydroxylation is 1. The molecule has 0 bridgehead atoms. The summed E-state index contributed by atoms with van der Waals surface area (Å²) in [5.41, 5.74) is 0.457. The largest absolute Gasteiger partial charge is 0.381 e. The molecular weight excluding hydrogens is 296 g/mol. The number of hydrogen-bond acceptors (Lipinski definition) is 4. The first-order valence-electron chi connectivity index (χ1n) is 6.79. The molecule has 114 valence electrons. The summed E-state index contributed by atoms with van der Waals surface area (Å²) in [7, 11) is 0. The van der Waals surface area contributed by atoms with E-state index in [9.17, 15) is 14.9 Å². The molecular formula is C14H17ClN2O4. The number of nitro groups is 1. The fraction of sp³-hybridized carbons (Fsp3) is 0.500. The monoisotopic (exact) mass is 312 g/mol. The Morgan fingerprint density at radius 1 is 1.57 bits per heavy atom. The van der Waals surface area contributed by atoms with Crippen molar-refractivity contribution in [2.45, 2.75) is 19.8 Å². The van der Waals surface area contributed by atoms with E-state index in [1.807, 2.05) is 0 Å². The van der Waals surface area contributed by atoms with Crippen LogP contribution in [0.25, 0.3) is 0 Å². The quantitative estimate of drug-likeness (QED) is 0.684. The molecule has 0 spiro atoms. The summed E-state index contributed by atoms with van der Waals surface area (Å²) in [5, 5.41) is 13.9. The van der Waals surface area contributed by atoms with E-state index in [1.165, 1.54) is 12.1 Å². The lowest BCUT2D eigenvalue weighted by molar-refractivity contribution is -0.385. The summed E-state index contributed by atoms with van der Waals surface area (Å²) < 4.78 is 5.34. The highest BCUT2D eigenvalue weighted by Gasteiger charge is 2.20. The van der Waals surface area contributed by atoms with E-state index in [0.29, 0.717) is 18.7 Å². The molecule has 1 aliphatic heterocycles. The van der Waals surface area contributed by atoms with Gasteiger partial charge in [-0.25, -0.2) is 0 Å². The molecule has 1 N–H and O–H groups in total. The summed E-state index contributed by atoms with van der Waals surface area (Å²) in [4.78, 5) is 22.5. The lowest BCUT2D eigenvalue weighted by Gasteiger charge is -2.22. The van der Waals surface area contributed by atoms with Crippen molar-refractivity contribution in [3.8, 4) is 0 Å². The third kappa shape index (κ3) is 3.92. The van der Waals surface area contributed by atoms with Crippen LogP contribution in [0.5, 0.6) is 0 Å². The minimum Gasteiger partial charge on any atom is -0.381 e. The lowest BCUT2D eigenvalue weighted by Crippen LogP contribution is -2.33. The van der Waals surface area contributed by atoms with Gasteiger partial charge in [0.1, 0.15) is 0 Å². The number of nitrogens with one attached hydrogen (secondary N) is 1. The van der Waals surface area contributed by atoms with Gasteiger partial charge in [-0.3, -0.25) is 14.9 Å². The van der Waals surface area contributed by atoms with Gasteiger partial charge in [-0.15, -0.1) is 0 Å². The van der Waals surface area contributed by atoms with E-state index in [4.69, 9.17) is 16.3 Å². The standard InChI is InChI=1S/C14H17ClN2O4/c1-9-5-12(15)11(6-13(9)17(19)20)14(18)16-7-10-3-2-4-21-8-10/h5-6,10H,2-4,7-8H2,1H3,(H,16,18)/t10-/m0/s1. The van der Waals surface area contributed by atoms with Crippen LogP contribution in [0.3, 0.4) is 0 Å². The summed E-state index contributed by atoms with van der Waals surface area (Å²) in [6, 6.07) is 2.67. The Morgan fingerprint density at radius 2 is 2.33 bits per heavy atom. The zero-order valence-electron chi connectivity index (χ0n) is 11.7. The van der Waals surface area contributed by atoms with Crippen molar-refractivity contribution in [3.63, 3.8) is 0 Å². The number of amides is 1. The second-order valence-corrected chi connectivity index (χ2v) is 5.58. The number of halogens is 1. The molecule has 1 heterocycles. The number of benzene rings is 1. The summed E-state index contributed by atoms with van der Waals surface area (Å²) >= 11 is 6.01. The summed E-state index contributed by atoms with van der Waals surface area (Å²) in [6.07, 6.45) is 1.99. The van der Waals surface area contributed by atoms with Gasteiger partial charge in [-0.05, 0) is 31.7 Å². The average Bonchev–Trinajstić information content (AvgIpc) is 2.45. The normalized spacial score (nSPS) is 18.3. The van der Waals surface area contributed by atoms with Gasteiger partial charge in [-0.1, -0.05) is 11.6 Å². The van der Waals surface area contributed by atoms with Crippen LogP contribution >= 0.6 is 11.6 Å². The molecule has 1 aromatic carbocycles. The lowest BCUT2D eigenvalue weighted by atomic mass is 10.0. The van der Waals surface area contributed by atoms with Crippen LogP contribution in [-0.2, 0) is 4.74 Å². The van der Waals surface area contributed by atoms with Crippen molar-refractivity contribution in [1.29, 1.82) is 0 Å². The minimum atomic E-state index is -0.516. The zero-order valence-corrected chi connectivity index (χ0v) is 12.5. The van der Waals surface area contributed by atoms with Gasteiger partial charge in [0.15, 0.2) is 0 Å². The minimum absolute atomic E-state index is 0.106. The number of nitrogens with zero attached hydrogens (tertiary/aromatic N) is 1. The number of nitro benzene ring substituents is 1. The van der Waals surface area contributed by atoms with Crippen molar-refractivity contribution < 1.29 is 14.5 Å². The van der Waals surface area contributed by atoms with Gasteiger partial charge in [0, 0.05) is 24.8 Å². The van der Waals surface area contributed by atoms with Crippen molar-refractivity contribution in [1.82, 2.24) is 5.32 Å². The first kappa shape index (κ1) is 15.7. The molecule has 0 saturated carbocycles. The van der Waals surface area contributed by atoms with Crippen LogP contribution in [0, 0.1) is 23.0 Å². The molecule has 1 fully saturated rings. The highest BCUT2D eigenvalue weighted by atomic mass is 35.5. The molecule has 1 amide bonds. The Bertz CT molecular complexity index is 556. The molecule has 1 atom stereocenters.